The monoisotopic (exact) mass is 476 g/mol. The van der Waals surface area contributed by atoms with Crippen molar-refractivity contribution in [1.29, 1.82) is 5.26 Å². The number of urea groups is 1. The van der Waals surface area contributed by atoms with Crippen LogP contribution in [0.3, 0.4) is 0 Å². The lowest BCUT2D eigenvalue weighted by molar-refractivity contribution is 0.136. The average molecular weight is 477 g/mol. The van der Waals surface area contributed by atoms with Crippen molar-refractivity contribution in [2.45, 2.75) is 19.5 Å². The van der Waals surface area contributed by atoms with Crippen molar-refractivity contribution in [2.24, 2.45) is 4.99 Å². The van der Waals surface area contributed by atoms with Gasteiger partial charge in [0.25, 0.3) is 0 Å². The predicted molar refractivity (Wildman–Crippen MR) is 133 cm³/mol. The Bertz CT molecular complexity index is 1190. The van der Waals surface area contributed by atoms with E-state index in [4.69, 9.17) is 11.6 Å². The molecule has 1 aliphatic heterocycles. The first kappa shape index (κ1) is 23.1. The zero-order valence-corrected chi connectivity index (χ0v) is 19.5. The second kappa shape index (κ2) is 10.7. The molecular weight excluding hydrogens is 452 g/mol. The molecule has 34 heavy (non-hydrogen) atoms. The average Bonchev–Trinajstić information content (AvgIpc) is 3.32. The molecule has 2 heterocycles. The first-order valence-electron chi connectivity index (χ1n) is 11.0. The second-order valence-electron chi connectivity index (χ2n) is 7.70. The van der Waals surface area contributed by atoms with Crippen molar-refractivity contribution in [2.75, 3.05) is 30.3 Å². The van der Waals surface area contributed by atoms with E-state index in [0.29, 0.717) is 42.8 Å². The summed E-state index contributed by atoms with van der Waals surface area (Å²) in [6.07, 6.45) is 3.59. The Morgan fingerprint density at radius 2 is 1.91 bits per heavy atom. The summed E-state index contributed by atoms with van der Waals surface area (Å²) in [6.45, 7) is 4.08. The number of halogens is 1. The third-order valence-corrected chi connectivity index (χ3v) is 5.88. The summed E-state index contributed by atoms with van der Waals surface area (Å²) in [4.78, 5) is 21.1. The number of piperazine rings is 1. The molecular formula is C24H25ClN8O. The van der Waals surface area contributed by atoms with Crippen molar-refractivity contribution in [3.05, 3.63) is 77.4 Å². The fourth-order valence-electron chi connectivity index (χ4n) is 3.94. The molecule has 0 saturated carbocycles. The molecule has 1 aromatic heterocycles. The van der Waals surface area contributed by atoms with Gasteiger partial charge in [0, 0.05) is 43.0 Å². The maximum atomic E-state index is 13.2. The van der Waals surface area contributed by atoms with E-state index in [-0.39, 0.29) is 12.1 Å². The van der Waals surface area contributed by atoms with Gasteiger partial charge in [0.05, 0.1) is 12.2 Å². The maximum Gasteiger partial charge on any atom is 0.322 e. The van der Waals surface area contributed by atoms with Crippen LogP contribution in [0.25, 0.3) is 0 Å². The number of aliphatic imine (C=N–C) groups is 1. The SMILES string of the molecule is CCn1nccc1N/C(=N/C#N)N1CCN(C(=O)Nc2ccc(Cl)cc2)C(c2ccccc2)C1. The standard InChI is InChI=1S/C24H25ClN8O/c1-2-33-22(12-13-28-33)30-23(27-17-26)31-14-15-32(21(16-31)18-6-4-3-5-7-18)24(34)29-20-10-8-19(25)9-11-20/h3-13,21H,2,14-16H2,1H3,(H,27,30)(H,29,34). The lowest BCUT2D eigenvalue weighted by Gasteiger charge is -2.42. The maximum absolute atomic E-state index is 13.2. The minimum atomic E-state index is -0.246. The van der Waals surface area contributed by atoms with E-state index in [1.165, 1.54) is 0 Å². The number of nitrogens with one attached hydrogen (secondary N) is 2. The molecule has 2 amide bonds. The van der Waals surface area contributed by atoms with Crippen LogP contribution in [-0.4, -0.2) is 51.2 Å². The largest absolute Gasteiger partial charge is 0.338 e. The molecule has 3 aromatic rings. The molecule has 1 atom stereocenters. The number of aryl methyl sites for hydroxylation is 1. The van der Waals surface area contributed by atoms with Crippen molar-refractivity contribution < 1.29 is 4.79 Å². The van der Waals surface area contributed by atoms with Gasteiger partial charge in [0.1, 0.15) is 5.82 Å². The number of carbonyl (C=O) groups is 1. The van der Waals surface area contributed by atoms with Gasteiger partial charge >= 0.3 is 6.03 Å². The van der Waals surface area contributed by atoms with Gasteiger partial charge in [-0.1, -0.05) is 41.9 Å². The third kappa shape index (κ3) is 5.30. The Hall–Kier alpha value is -4.03. The molecule has 1 unspecified atom stereocenters. The van der Waals surface area contributed by atoms with Crippen molar-refractivity contribution in [3.8, 4) is 6.19 Å². The van der Waals surface area contributed by atoms with Crippen LogP contribution in [0.2, 0.25) is 5.02 Å². The fourth-order valence-corrected chi connectivity index (χ4v) is 4.06. The Morgan fingerprint density at radius 1 is 1.15 bits per heavy atom. The van der Waals surface area contributed by atoms with Crippen LogP contribution < -0.4 is 10.6 Å². The van der Waals surface area contributed by atoms with E-state index in [9.17, 15) is 10.1 Å². The van der Waals surface area contributed by atoms with Crippen LogP contribution in [-0.2, 0) is 6.54 Å². The van der Waals surface area contributed by atoms with Gasteiger partial charge in [-0.3, -0.25) is 0 Å². The molecule has 10 heteroatoms. The molecule has 0 radical (unpaired) electrons. The number of nitrogens with zero attached hydrogens (tertiary/aromatic N) is 6. The summed E-state index contributed by atoms with van der Waals surface area (Å²) < 4.78 is 1.79. The highest BCUT2D eigenvalue weighted by Crippen LogP contribution is 2.27. The van der Waals surface area contributed by atoms with Crippen LogP contribution in [0.4, 0.5) is 16.3 Å². The molecule has 2 aromatic carbocycles. The number of hydrogen-bond acceptors (Lipinski definition) is 4. The van der Waals surface area contributed by atoms with E-state index in [0.717, 1.165) is 11.4 Å². The van der Waals surface area contributed by atoms with E-state index in [1.807, 2.05) is 54.4 Å². The smallest absolute Gasteiger partial charge is 0.322 e. The first-order chi connectivity index (χ1) is 16.6. The Labute approximate surface area is 203 Å². The zero-order chi connectivity index (χ0) is 23.9. The molecule has 0 bridgehead atoms. The summed E-state index contributed by atoms with van der Waals surface area (Å²) >= 11 is 5.97. The number of hydrogen-bond donors (Lipinski definition) is 2. The second-order valence-corrected chi connectivity index (χ2v) is 8.13. The fraction of sp³-hybridized carbons (Fsp3) is 0.250. The van der Waals surface area contributed by atoms with Gasteiger partial charge < -0.3 is 20.4 Å². The number of anilines is 2. The number of rotatable bonds is 4. The van der Waals surface area contributed by atoms with E-state index >= 15 is 0 Å². The van der Waals surface area contributed by atoms with Gasteiger partial charge in [-0.25, -0.2) is 9.48 Å². The summed E-state index contributed by atoms with van der Waals surface area (Å²) in [7, 11) is 0. The molecule has 0 spiro atoms. The number of aromatic nitrogens is 2. The number of guanidine groups is 1. The molecule has 174 valence electrons. The summed E-state index contributed by atoms with van der Waals surface area (Å²) in [6, 6.07) is 18.2. The Balaban J connectivity index is 1.57. The minimum Gasteiger partial charge on any atom is -0.338 e. The number of benzene rings is 2. The highest BCUT2D eigenvalue weighted by atomic mass is 35.5. The number of nitriles is 1. The van der Waals surface area contributed by atoms with E-state index in [2.05, 4.69) is 20.7 Å². The highest BCUT2D eigenvalue weighted by Gasteiger charge is 2.33. The van der Waals surface area contributed by atoms with Gasteiger partial charge in [-0.15, -0.1) is 4.99 Å². The summed E-state index contributed by atoms with van der Waals surface area (Å²) in [5, 5.41) is 20.4. The number of amides is 2. The zero-order valence-electron chi connectivity index (χ0n) is 18.7. The quantitative estimate of drug-likeness (QED) is 0.330. The molecule has 0 aliphatic carbocycles. The topological polar surface area (TPSA) is 102 Å². The molecule has 9 nitrogen and oxygen atoms in total. The van der Waals surface area contributed by atoms with Crippen LogP contribution in [0.5, 0.6) is 0 Å². The van der Waals surface area contributed by atoms with E-state index < -0.39 is 0 Å². The van der Waals surface area contributed by atoms with Gasteiger partial charge in [0.2, 0.25) is 12.2 Å². The minimum absolute atomic E-state index is 0.202. The Morgan fingerprint density at radius 3 is 2.62 bits per heavy atom. The summed E-state index contributed by atoms with van der Waals surface area (Å²) in [5.74, 6) is 1.17. The van der Waals surface area contributed by atoms with Crippen LogP contribution in [0, 0.1) is 11.5 Å². The van der Waals surface area contributed by atoms with Crippen molar-refractivity contribution >= 4 is 35.1 Å². The first-order valence-corrected chi connectivity index (χ1v) is 11.4. The lowest BCUT2D eigenvalue weighted by atomic mass is 10.0. The molecule has 1 fully saturated rings. The third-order valence-electron chi connectivity index (χ3n) is 5.63. The van der Waals surface area contributed by atoms with Crippen molar-refractivity contribution in [1.82, 2.24) is 19.6 Å². The van der Waals surface area contributed by atoms with Gasteiger partial charge in [-0.2, -0.15) is 10.4 Å². The van der Waals surface area contributed by atoms with Gasteiger partial charge in [0.15, 0.2) is 0 Å². The molecule has 1 aliphatic rings. The normalized spacial score (nSPS) is 16.1. The predicted octanol–water partition coefficient (Wildman–Crippen LogP) is 4.40. The Kier molecular flexibility index (Phi) is 7.30. The van der Waals surface area contributed by atoms with E-state index in [1.54, 1.807) is 40.0 Å². The lowest BCUT2D eigenvalue weighted by Crippen LogP contribution is -2.54. The van der Waals surface area contributed by atoms with Crippen molar-refractivity contribution in [3.63, 3.8) is 0 Å². The molecule has 2 N–H and O–H groups in total. The number of carbonyl (C=O) groups excluding carboxylic acids is 1. The van der Waals surface area contributed by atoms with Crippen LogP contribution in [0.15, 0.2) is 71.9 Å². The molecule has 4 rings (SSSR count). The van der Waals surface area contributed by atoms with Crippen LogP contribution in [0.1, 0.15) is 18.5 Å². The van der Waals surface area contributed by atoms with Gasteiger partial charge in [-0.05, 0) is 36.8 Å². The van der Waals surface area contributed by atoms with Crippen LogP contribution >= 0.6 is 11.6 Å². The summed E-state index contributed by atoms with van der Waals surface area (Å²) in [5.41, 5.74) is 1.67. The molecule has 1 saturated heterocycles. The highest BCUT2D eigenvalue weighted by molar-refractivity contribution is 6.30.